The Labute approximate surface area is 337 Å². The molecule has 0 radical (unpaired) electrons. The quantitative estimate of drug-likeness (QED) is 0.156. The summed E-state index contributed by atoms with van der Waals surface area (Å²) in [6.07, 6.45) is 4.56. The van der Waals surface area contributed by atoms with Crippen LogP contribution in [0.4, 0.5) is 0 Å². The molecule has 0 fully saturated rings. The van der Waals surface area contributed by atoms with Crippen molar-refractivity contribution in [3.8, 4) is 22.3 Å². The molecular weight excluding hydrogens is 739 g/mol. The smallest absolute Gasteiger partial charge is 0.343 e. The SMILES string of the molecule is Cc1cc(C)c(-c2ccc3[cH-]c4ccc(-c5c(C)cc(C)cc5C)cc4c3c2)c(C)c1.Clc1ccc(Cl)c2[cH-]ccc12.[CH2-]CCC.[CH2-]CCC.[Zr+4]. The molecule has 0 saturated carbocycles. The first-order chi connectivity index (χ1) is 23.9. The molecule has 51 heavy (non-hydrogen) atoms. The molecule has 0 saturated heterocycles. The average molecular weight is 791 g/mol. The van der Waals surface area contributed by atoms with Crippen molar-refractivity contribution >= 4 is 55.5 Å². The monoisotopic (exact) mass is 788 g/mol. The molecule has 0 aliphatic carbocycles. The molecule has 0 aromatic heterocycles. The second kappa shape index (κ2) is 19.8. The molecule has 0 nitrogen and oxygen atoms in total. The molecule has 7 aromatic carbocycles. The first-order valence-electron chi connectivity index (χ1n) is 17.8. The normalized spacial score (nSPS) is 10.5. The standard InChI is InChI=1S/C31H29.C9H5Cl2.2C4H9.Zr/c1-18-11-20(3)30(21(4)12-18)26-9-7-24-15-25-8-10-27(17-29(25)28(24)16-26)31-22(5)13-19(2)14-23(31)6;10-8-4-5-9(11)7-3-1-2-6(7)8;2*1-3-4-2;/h7-17H,1-6H3;1-5H;2*1,3-4H2,2H3;/q4*-1;+4. The Morgan fingerprint density at radius 1 is 0.529 bits per heavy atom. The molecule has 0 aliphatic rings. The molecule has 0 atom stereocenters. The summed E-state index contributed by atoms with van der Waals surface area (Å²) in [5, 5.41) is 8.89. The van der Waals surface area contributed by atoms with Crippen LogP contribution in [-0.4, -0.2) is 0 Å². The average Bonchev–Trinajstić information content (AvgIpc) is 3.72. The second-order valence-electron chi connectivity index (χ2n) is 13.4. The molecular formula is C48H52Cl2Zr. The van der Waals surface area contributed by atoms with E-state index in [0.717, 1.165) is 33.7 Å². The summed E-state index contributed by atoms with van der Waals surface area (Å²) < 4.78 is 0. The van der Waals surface area contributed by atoms with Gasteiger partial charge in [0.1, 0.15) is 0 Å². The summed E-state index contributed by atoms with van der Waals surface area (Å²) >= 11 is 11.8. The zero-order chi connectivity index (χ0) is 36.5. The Bertz CT molecular complexity index is 1990. The maximum Gasteiger partial charge on any atom is 4.00 e. The van der Waals surface area contributed by atoms with Gasteiger partial charge in [0.15, 0.2) is 0 Å². The van der Waals surface area contributed by atoms with Crippen LogP contribution in [0, 0.1) is 55.4 Å². The van der Waals surface area contributed by atoms with Crippen molar-refractivity contribution in [1.82, 2.24) is 0 Å². The van der Waals surface area contributed by atoms with E-state index in [1.165, 1.54) is 90.0 Å². The van der Waals surface area contributed by atoms with Crippen molar-refractivity contribution in [2.24, 2.45) is 0 Å². The third-order valence-corrected chi connectivity index (χ3v) is 9.71. The van der Waals surface area contributed by atoms with Gasteiger partial charge >= 0.3 is 26.2 Å². The van der Waals surface area contributed by atoms with E-state index in [1.54, 1.807) is 0 Å². The van der Waals surface area contributed by atoms with Gasteiger partial charge in [0.05, 0.1) is 0 Å². The van der Waals surface area contributed by atoms with Gasteiger partial charge in [0.25, 0.3) is 0 Å². The second-order valence-corrected chi connectivity index (χ2v) is 14.2. The molecule has 0 bridgehead atoms. The first kappa shape index (κ1) is 42.5. The molecule has 0 aliphatic heterocycles. The predicted octanol–water partition coefficient (Wildman–Crippen LogP) is 16.0. The number of hydrogen-bond donors (Lipinski definition) is 0. The van der Waals surface area contributed by atoms with Crippen molar-refractivity contribution in [3.63, 3.8) is 0 Å². The minimum atomic E-state index is 0. The summed E-state index contributed by atoms with van der Waals surface area (Å²) in [4.78, 5) is 0. The van der Waals surface area contributed by atoms with Crippen molar-refractivity contribution in [1.29, 1.82) is 0 Å². The van der Waals surface area contributed by atoms with E-state index in [0.29, 0.717) is 0 Å². The van der Waals surface area contributed by atoms with Gasteiger partial charge in [-0.3, -0.25) is 0 Å². The van der Waals surface area contributed by atoms with Crippen LogP contribution >= 0.6 is 23.2 Å². The minimum Gasteiger partial charge on any atom is -0.343 e. The van der Waals surface area contributed by atoms with Gasteiger partial charge in [0, 0.05) is 0 Å². The Kier molecular flexibility index (Phi) is 16.4. The van der Waals surface area contributed by atoms with Gasteiger partial charge in [-0.05, 0) is 96.1 Å². The van der Waals surface area contributed by atoms with E-state index in [2.05, 4.69) is 136 Å². The fraction of sp³-hybridized carbons (Fsp3) is 0.250. The molecule has 0 heterocycles. The maximum absolute atomic E-state index is 5.91. The summed E-state index contributed by atoms with van der Waals surface area (Å²) in [6.45, 7) is 24.7. The Balaban J connectivity index is 0.000000289. The summed E-state index contributed by atoms with van der Waals surface area (Å²) in [5.74, 6) is 0. The molecule has 0 amide bonds. The van der Waals surface area contributed by atoms with Gasteiger partial charge in [-0.25, -0.2) is 0 Å². The number of aryl methyl sites for hydroxylation is 6. The molecule has 0 unspecified atom stereocenters. The van der Waals surface area contributed by atoms with Crippen LogP contribution in [0.15, 0.2) is 97.1 Å². The minimum absolute atomic E-state index is 0. The van der Waals surface area contributed by atoms with E-state index in [-0.39, 0.29) is 26.2 Å². The van der Waals surface area contributed by atoms with E-state index in [9.17, 15) is 0 Å². The van der Waals surface area contributed by atoms with Crippen LogP contribution in [0.1, 0.15) is 72.9 Å². The van der Waals surface area contributed by atoms with Crippen LogP contribution < -0.4 is 0 Å². The maximum atomic E-state index is 5.91. The topological polar surface area (TPSA) is 0 Å². The van der Waals surface area contributed by atoms with Crippen molar-refractivity contribution in [3.05, 3.63) is 154 Å². The van der Waals surface area contributed by atoms with Gasteiger partial charge in [-0.2, -0.15) is 25.0 Å². The van der Waals surface area contributed by atoms with Crippen LogP contribution in [-0.2, 0) is 26.2 Å². The summed E-state index contributed by atoms with van der Waals surface area (Å²) in [7, 11) is 0. The Morgan fingerprint density at radius 3 is 1.29 bits per heavy atom. The van der Waals surface area contributed by atoms with Crippen molar-refractivity contribution in [2.45, 2.75) is 81.1 Å². The molecule has 0 spiro atoms. The molecule has 262 valence electrons. The Morgan fingerprint density at radius 2 is 0.922 bits per heavy atom. The predicted molar refractivity (Wildman–Crippen MR) is 226 cm³/mol. The van der Waals surface area contributed by atoms with E-state index in [1.807, 2.05) is 30.3 Å². The van der Waals surface area contributed by atoms with E-state index < -0.39 is 0 Å². The molecule has 3 heteroatoms. The van der Waals surface area contributed by atoms with Crippen LogP contribution in [0.25, 0.3) is 54.6 Å². The largest absolute Gasteiger partial charge is 4.00 e. The van der Waals surface area contributed by atoms with E-state index in [4.69, 9.17) is 23.2 Å². The van der Waals surface area contributed by atoms with Crippen LogP contribution in [0.3, 0.4) is 0 Å². The number of halogens is 2. The molecule has 0 N–H and O–H groups in total. The zero-order valence-corrected chi connectivity index (χ0v) is 35.7. The molecule has 7 rings (SSSR count). The number of hydrogen-bond acceptors (Lipinski definition) is 0. The van der Waals surface area contributed by atoms with Gasteiger partial charge in [-0.15, -0.1) is 68.2 Å². The van der Waals surface area contributed by atoms with Gasteiger partial charge < -0.3 is 13.8 Å². The van der Waals surface area contributed by atoms with Crippen molar-refractivity contribution < 1.29 is 26.2 Å². The van der Waals surface area contributed by atoms with Crippen molar-refractivity contribution in [2.75, 3.05) is 0 Å². The van der Waals surface area contributed by atoms with Crippen LogP contribution in [0.5, 0.6) is 0 Å². The molecule has 7 aromatic rings. The number of benzene rings is 5. The fourth-order valence-electron chi connectivity index (χ4n) is 6.74. The Hall–Kier alpha value is -2.96. The van der Waals surface area contributed by atoms with Gasteiger partial charge in [-0.1, -0.05) is 110 Å². The third kappa shape index (κ3) is 10.3. The van der Waals surface area contributed by atoms with Gasteiger partial charge in [0.2, 0.25) is 0 Å². The van der Waals surface area contributed by atoms with Crippen LogP contribution in [0.2, 0.25) is 10.0 Å². The number of fused-ring (bicyclic) bond motifs is 4. The third-order valence-electron chi connectivity index (χ3n) is 9.05. The first-order valence-corrected chi connectivity index (χ1v) is 18.6. The zero-order valence-electron chi connectivity index (χ0n) is 31.7. The number of unbranched alkanes of at least 4 members (excludes halogenated alkanes) is 2. The number of rotatable bonds is 4. The summed E-state index contributed by atoms with van der Waals surface area (Å²) in [5.41, 5.74) is 13.4. The van der Waals surface area contributed by atoms with E-state index >= 15 is 0 Å². The summed E-state index contributed by atoms with van der Waals surface area (Å²) in [6, 6.07) is 34.9. The fourth-order valence-corrected chi connectivity index (χ4v) is 7.20.